The van der Waals surface area contributed by atoms with Gasteiger partial charge in [0.2, 0.25) is 0 Å². The first-order valence-electron chi connectivity index (χ1n) is 7.34. The molecule has 1 heterocycles. The predicted octanol–water partition coefficient (Wildman–Crippen LogP) is 2.65. The summed E-state index contributed by atoms with van der Waals surface area (Å²) in [5.74, 6) is -0.989. The number of carbonyl (C=O) groups is 2. The topological polar surface area (TPSA) is 70.2 Å². The maximum atomic E-state index is 11.8. The third kappa shape index (κ3) is 3.49. The maximum Gasteiger partial charge on any atom is 0.263 e. The first-order chi connectivity index (χ1) is 11.5. The van der Waals surface area contributed by atoms with Crippen molar-refractivity contribution in [1.29, 1.82) is 0 Å². The van der Waals surface area contributed by atoms with Crippen LogP contribution in [0.3, 0.4) is 0 Å². The van der Waals surface area contributed by atoms with Crippen molar-refractivity contribution >= 4 is 46.6 Å². The van der Waals surface area contributed by atoms with Crippen molar-refractivity contribution in [2.45, 2.75) is 6.92 Å². The van der Waals surface area contributed by atoms with Gasteiger partial charge in [0.1, 0.15) is 5.57 Å². The molecule has 1 aliphatic rings. The van der Waals surface area contributed by atoms with Crippen molar-refractivity contribution < 1.29 is 9.59 Å². The lowest BCUT2D eigenvalue weighted by molar-refractivity contribution is -0.123. The third-order valence-electron chi connectivity index (χ3n) is 3.59. The lowest BCUT2D eigenvalue weighted by atomic mass is 10.1. The van der Waals surface area contributed by atoms with Crippen LogP contribution in [0.1, 0.15) is 11.1 Å². The van der Waals surface area contributed by atoms with Gasteiger partial charge in [-0.05, 0) is 54.5 Å². The summed E-state index contributed by atoms with van der Waals surface area (Å²) in [6.45, 7) is 2.03. The second-order valence-electron chi connectivity index (χ2n) is 5.36. The second kappa shape index (κ2) is 6.64. The first kappa shape index (κ1) is 15.9. The van der Waals surface area contributed by atoms with E-state index in [1.54, 1.807) is 0 Å². The zero-order valence-corrected chi connectivity index (χ0v) is 13.7. The Morgan fingerprint density at radius 1 is 0.958 bits per heavy atom. The molecule has 3 N–H and O–H groups in total. The molecule has 2 aromatic rings. The molecule has 5 nitrogen and oxygen atoms in total. The van der Waals surface area contributed by atoms with Crippen LogP contribution in [-0.2, 0) is 9.59 Å². The summed E-state index contributed by atoms with van der Waals surface area (Å²) in [5.41, 5.74) is 3.88. The molecule has 3 rings (SSSR count). The zero-order valence-electron chi connectivity index (χ0n) is 12.9. The van der Waals surface area contributed by atoms with Crippen LogP contribution in [0.25, 0.3) is 6.08 Å². The molecule has 0 saturated carbocycles. The Labute approximate surface area is 144 Å². The van der Waals surface area contributed by atoms with Crippen LogP contribution in [0.15, 0.2) is 54.1 Å². The van der Waals surface area contributed by atoms with Gasteiger partial charge in [-0.15, -0.1) is 0 Å². The summed E-state index contributed by atoms with van der Waals surface area (Å²) < 4.78 is 0. The SMILES string of the molecule is Cc1ccccc1Nc1ccc(C=C2C(=O)NC(=S)NC2=O)cc1. The minimum atomic E-state index is -0.495. The fourth-order valence-electron chi connectivity index (χ4n) is 2.30. The zero-order chi connectivity index (χ0) is 17.1. The largest absolute Gasteiger partial charge is 0.355 e. The molecule has 120 valence electrons. The van der Waals surface area contributed by atoms with Gasteiger partial charge in [-0.2, -0.15) is 0 Å². The molecule has 0 atom stereocenters. The number of hydrogen-bond donors (Lipinski definition) is 3. The molecule has 0 radical (unpaired) electrons. The van der Waals surface area contributed by atoms with E-state index in [1.165, 1.54) is 6.08 Å². The molecule has 0 unspecified atom stereocenters. The molecule has 1 aliphatic heterocycles. The Bertz CT molecular complexity index is 835. The van der Waals surface area contributed by atoms with Gasteiger partial charge in [-0.1, -0.05) is 30.3 Å². The van der Waals surface area contributed by atoms with Crippen molar-refractivity contribution in [3.8, 4) is 0 Å². The van der Waals surface area contributed by atoms with Crippen LogP contribution in [0, 0.1) is 6.92 Å². The van der Waals surface area contributed by atoms with Gasteiger partial charge in [-0.25, -0.2) is 0 Å². The van der Waals surface area contributed by atoms with Crippen molar-refractivity contribution in [3.05, 3.63) is 65.2 Å². The highest BCUT2D eigenvalue weighted by atomic mass is 32.1. The van der Waals surface area contributed by atoms with Crippen molar-refractivity contribution in [2.75, 3.05) is 5.32 Å². The Morgan fingerprint density at radius 2 is 1.58 bits per heavy atom. The molecular formula is C18H15N3O2S. The van der Waals surface area contributed by atoms with Crippen LogP contribution < -0.4 is 16.0 Å². The summed E-state index contributed by atoms with van der Waals surface area (Å²) >= 11 is 4.77. The number of benzene rings is 2. The summed E-state index contributed by atoms with van der Waals surface area (Å²) in [7, 11) is 0. The average Bonchev–Trinajstić information content (AvgIpc) is 2.54. The van der Waals surface area contributed by atoms with Gasteiger partial charge in [0.15, 0.2) is 5.11 Å². The lowest BCUT2D eigenvalue weighted by Crippen LogP contribution is -2.51. The number of nitrogens with one attached hydrogen (secondary N) is 3. The molecule has 0 aliphatic carbocycles. The number of thiocarbonyl (C=S) groups is 1. The standard InChI is InChI=1S/C18H15N3O2S/c1-11-4-2-3-5-15(11)19-13-8-6-12(7-9-13)10-14-16(22)20-18(24)21-17(14)23/h2-10,19H,1H3,(H2,20,21,22,23,24). The number of anilines is 2. The summed E-state index contributed by atoms with van der Waals surface area (Å²) in [6, 6.07) is 15.4. The molecule has 0 spiro atoms. The first-order valence-corrected chi connectivity index (χ1v) is 7.75. The van der Waals surface area contributed by atoms with Crippen LogP contribution >= 0.6 is 12.2 Å². The smallest absolute Gasteiger partial charge is 0.263 e. The monoisotopic (exact) mass is 337 g/mol. The second-order valence-corrected chi connectivity index (χ2v) is 5.77. The minimum Gasteiger partial charge on any atom is -0.355 e. The molecule has 24 heavy (non-hydrogen) atoms. The predicted molar refractivity (Wildman–Crippen MR) is 97.8 cm³/mol. The lowest BCUT2D eigenvalue weighted by Gasteiger charge is -2.16. The highest BCUT2D eigenvalue weighted by Crippen LogP contribution is 2.21. The van der Waals surface area contributed by atoms with Gasteiger partial charge >= 0.3 is 0 Å². The van der Waals surface area contributed by atoms with E-state index in [9.17, 15) is 9.59 Å². The summed E-state index contributed by atoms with van der Waals surface area (Å²) in [6.07, 6.45) is 1.53. The summed E-state index contributed by atoms with van der Waals surface area (Å²) in [5, 5.41) is 8.18. The Kier molecular flexibility index (Phi) is 4.39. The van der Waals surface area contributed by atoms with Gasteiger partial charge < -0.3 is 5.32 Å². The van der Waals surface area contributed by atoms with Crippen molar-refractivity contribution in [2.24, 2.45) is 0 Å². The molecule has 1 saturated heterocycles. The fraction of sp³-hybridized carbons (Fsp3) is 0.0556. The molecule has 2 amide bonds. The number of rotatable bonds is 3. The van der Waals surface area contributed by atoms with Crippen LogP contribution in [0.4, 0.5) is 11.4 Å². The van der Waals surface area contributed by atoms with Crippen LogP contribution in [0.2, 0.25) is 0 Å². The third-order valence-corrected chi connectivity index (χ3v) is 3.79. The Hall–Kier alpha value is -2.99. The summed E-state index contributed by atoms with van der Waals surface area (Å²) in [4.78, 5) is 23.6. The van der Waals surface area contributed by atoms with Crippen molar-refractivity contribution in [1.82, 2.24) is 10.6 Å². The van der Waals surface area contributed by atoms with Gasteiger partial charge in [0.05, 0.1) is 0 Å². The van der Waals surface area contributed by atoms with Gasteiger partial charge in [0.25, 0.3) is 11.8 Å². The maximum absolute atomic E-state index is 11.8. The number of carbonyl (C=O) groups excluding carboxylic acids is 2. The Balaban J connectivity index is 1.79. The molecule has 0 bridgehead atoms. The molecular weight excluding hydrogens is 322 g/mol. The highest BCUT2D eigenvalue weighted by Gasteiger charge is 2.25. The van der Waals surface area contributed by atoms with E-state index in [2.05, 4.69) is 16.0 Å². The number of para-hydroxylation sites is 1. The Morgan fingerprint density at radius 3 is 2.21 bits per heavy atom. The normalized spacial score (nSPS) is 14.0. The minimum absolute atomic E-state index is 0.0277. The van der Waals surface area contributed by atoms with E-state index in [1.807, 2.05) is 55.5 Å². The van der Waals surface area contributed by atoms with E-state index < -0.39 is 11.8 Å². The molecule has 2 aromatic carbocycles. The van der Waals surface area contributed by atoms with Crippen LogP contribution in [0.5, 0.6) is 0 Å². The fourth-order valence-corrected chi connectivity index (χ4v) is 2.49. The van der Waals surface area contributed by atoms with E-state index in [0.717, 1.165) is 22.5 Å². The van der Waals surface area contributed by atoms with Gasteiger partial charge in [0, 0.05) is 11.4 Å². The number of aryl methyl sites for hydroxylation is 1. The number of hydrogen-bond acceptors (Lipinski definition) is 4. The van der Waals surface area contributed by atoms with E-state index in [0.29, 0.717) is 0 Å². The molecule has 0 aromatic heterocycles. The average molecular weight is 337 g/mol. The van der Waals surface area contributed by atoms with E-state index in [4.69, 9.17) is 12.2 Å². The van der Waals surface area contributed by atoms with Crippen molar-refractivity contribution in [3.63, 3.8) is 0 Å². The highest BCUT2D eigenvalue weighted by molar-refractivity contribution is 7.80. The molecule has 1 fully saturated rings. The van der Waals surface area contributed by atoms with Crippen LogP contribution in [-0.4, -0.2) is 16.9 Å². The quantitative estimate of drug-likeness (QED) is 0.457. The van der Waals surface area contributed by atoms with Gasteiger partial charge in [-0.3, -0.25) is 20.2 Å². The van der Waals surface area contributed by atoms with E-state index >= 15 is 0 Å². The number of amides is 2. The molecule has 6 heteroatoms. The van der Waals surface area contributed by atoms with E-state index in [-0.39, 0.29) is 10.7 Å².